The fourth-order valence-corrected chi connectivity index (χ4v) is 2.51. The van der Waals surface area contributed by atoms with Crippen LogP contribution in [-0.2, 0) is 18.6 Å². The summed E-state index contributed by atoms with van der Waals surface area (Å²) in [5, 5.41) is 0. The second-order valence-corrected chi connectivity index (χ2v) is 7.06. The molecule has 0 aliphatic heterocycles. The minimum Gasteiger partial charge on any atom is -0.488 e. The van der Waals surface area contributed by atoms with E-state index in [1.165, 1.54) is 5.56 Å². The van der Waals surface area contributed by atoms with E-state index in [2.05, 4.69) is 61.0 Å². The summed E-state index contributed by atoms with van der Waals surface area (Å²) in [6, 6.07) is 14.5. The molecule has 3 heteroatoms. The molecule has 112 valence electrons. The highest BCUT2D eigenvalue weighted by atomic mass is 79.9. The molecule has 0 aromatic heterocycles. The Labute approximate surface area is 135 Å². The van der Waals surface area contributed by atoms with Gasteiger partial charge in [0.1, 0.15) is 12.4 Å². The van der Waals surface area contributed by atoms with E-state index in [-0.39, 0.29) is 5.41 Å². The maximum atomic E-state index is 5.89. The van der Waals surface area contributed by atoms with Gasteiger partial charge in [0, 0.05) is 6.54 Å². The molecule has 0 aliphatic carbocycles. The van der Waals surface area contributed by atoms with E-state index in [0.29, 0.717) is 13.2 Å². The summed E-state index contributed by atoms with van der Waals surface area (Å²) in [5.74, 6) is 0.867. The first-order valence-electron chi connectivity index (χ1n) is 7.11. The largest absolute Gasteiger partial charge is 0.488 e. The molecule has 0 saturated heterocycles. The summed E-state index contributed by atoms with van der Waals surface area (Å²) >= 11 is 3.59. The molecule has 0 saturated carbocycles. The number of benzene rings is 2. The summed E-state index contributed by atoms with van der Waals surface area (Å²) in [5.41, 5.74) is 9.29. The van der Waals surface area contributed by atoms with E-state index in [0.717, 1.165) is 21.3 Å². The van der Waals surface area contributed by atoms with Gasteiger partial charge in [-0.2, -0.15) is 0 Å². The van der Waals surface area contributed by atoms with Crippen LogP contribution in [-0.4, -0.2) is 0 Å². The van der Waals surface area contributed by atoms with Crippen LogP contribution in [0.3, 0.4) is 0 Å². The highest BCUT2D eigenvalue weighted by Crippen LogP contribution is 2.31. The standard InChI is InChI=1S/C18H22BrNO/c1-18(2,3)15-8-9-17(16(19)10-15)21-12-14-6-4-13(11-20)5-7-14/h4-10H,11-12,20H2,1-3H3. The van der Waals surface area contributed by atoms with E-state index in [4.69, 9.17) is 10.5 Å². The number of rotatable bonds is 4. The van der Waals surface area contributed by atoms with Gasteiger partial charge in [-0.1, -0.05) is 51.1 Å². The lowest BCUT2D eigenvalue weighted by Crippen LogP contribution is -2.11. The van der Waals surface area contributed by atoms with Gasteiger partial charge in [0.15, 0.2) is 0 Å². The molecule has 2 N–H and O–H groups in total. The average Bonchev–Trinajstić information content (AvgIpc) is 2.45. The molecule has 0 heterocycles. The Morgan fingerprint density at radius 3 is 2.14 bits per heavy atom. The van der Waals surface area contributed by atoms with E-state index in [9.17, 15) is 0 Å². The topological polar surface area (TPSA) is 35.2 Å². The lowest BCUT2D eigenvalue weighted by atomic mass is 9.87. The predicted molar refractivity (Wildman–Crippen MR) is 91.5 cm³/mol. The minimum absolute atomic E-state index is 0.138. The van der Waals surface area contributed by atoms with E-state index >= 15 is 0 Å². The molecule has 0 unspecified atom stereocenters. The van der Waals surface area contributed by atoms with Gasteiger partial charge in [-0.05, 0) is 50.2 Å². The van der Waals surface area contributed by atoms with Crippen LogP contribution in [0.15, 0.2) is 46.9 Å². The zero-order chi connectivity index (χ0) is 15.5. The molecule has 0 fully saturated rings. The Balaban J connectivity index is 2.06. The van der Waals surface area contributed by atoms with Crippen molar-refractivity contribution in [2.24, 2.45) is 5.73 Å². The van der Waals surface area contributed by atoms with Crippen molar-refractivity contribution in [2.45, 2.75) is 39.3 Å². The van der Waals surface area contributed by atoms with Gasteiger partial charge in [-0.15, -0.1) is 0 Å². The van der Waals surface area contributed by atoms with Crippen LogP contribution in [0, 0.1) is 0 Å². The van der Waals surface area contributed by atoms with Crippen LogP contribution < -0.4 is 10.5 Å². The van der Waals surface area contributed by atoms with Gasteiger partial charge in [-0.25, -0.2) is 0 Å². The van der Waals surface area contributed by atoms with Crippen LogP contribution in [0.1, 0.15) is 37.5 Å². The highest BCUT2D eigenvalue weighted by Gasteiger charge is 2.15. The van der Waals surface area contributed by atoms with Crippen LogP contribution in [0.2, 0.25) is 0 Å². The summed E-state index contributed by atoms with van der Waals surface area (Å²) in [4.78, 5) is 0. The molecule has 0 amide bonds. The monoisotopic (exact) mass is 347 g/mol. The van der Waals surface area contributed by atoms with Gasteiger partial charge in [-0.3, -0.25) is 0 Å². The van der Waals surface area contributed by atoms with Gasteiger partial charge >= 0.3 is 0 Å². The van der Waals surface area contributed by atoms with Gasteiger partial charge in [0.25, 0.3) is 0 Å². The Hall–Kier alpha value is -1.32. The van der Waals surface area contributed by atoms with Crippen molar-refractivity contribution in [1.82, 2.24) is 0 Å². The van der Waals surface area contributed by atoms with Crippen molar-refractivity contribution in [1.29, 1.82) is 0 Å². The summed E-state index contributed by atoms with van der Waals surface area (Å²) in [6.45, 7) is 7.73. The fraction of sp³-hybridized carbons (Fsp3) is 0.333. The van der Waals surface area contributed by atoms with Crippen LogP contribution >= 0.6 is 15.9 Å². The molecular weight excluding hydrogens is 326 g/mol. The normalized spacial score (nSPS) is 11.5. The first kappa shape index (κ1) is 16.1. The molecule has 0 radical (unpaired) electrons. The molecule has 0 bridgehead atoms. The number of hydrogen-bond acceptors (Lipinski definition) is 2. The lowest BCUT2D eigenvalue weighted by Gasteiger charge is -2.20. The van der Waals surface area contributed by atoms with Crippen LogP contribution in [0.25, 0.3) is 0 Å². The smallest absolute Gasteiger partial charge is 0.134 e. The van der Waals surface area contributed by atoms with Crippen molar-refractivity contribution < 1.29 is 4.74 Å². The Kier molecular flexibility index (Phi) is 5.07. The van der Waals surface area contributed by atoms with Gasteiger partial charge in [0.2, 0.25) is 0 Å². The number of ether oxygens (including phenoxy) is 1. The lowest BCUT2D eigenvalue weighted by molar-refractivity contribution is 0.304. The number of halogens is 1. The second kappa shape index (κ2) is 6.63. The Bertz CT molecular complexity index is 600. The predicted octanol–water partition coefficient (Wildman–Crippen LogP) is 4.78. The number of nitrogens with two attached hydrogens (primary N) is 1. The highest BCUT2D eigenvalue weighted by molar-refractivity contribution is 9.10. The maximum absolute atomic E-state index is 5.89. The van der Waals surface area contributed by atoms with E-state index < -0.39 is 0 Å². The third-order valence-electron chi connectivity index (χ3n) is 3.45. The first-order chi connectivity index (χ1) is 9.90. The zero-order valence-electron chi connectivity index (χ0n) is 12.8. The van der Waals surface area contributed by atoms with Crippen LogP contribution in [0.4, 0.5) is 0 Å². The molecule has 2 aromatic rings. The number of hydrogen-bond donors (Lipinski definition) is 1. The zero-order valence-corrected chi connectivity index (χ0v) is 14.4. The van der Waals surface area contributed by atoms with Gasteiger partial charge in [0.05, 0.1) is 4.47 Å². The van der Waals surface area contributed by atoms with Crippen molar-refractivity contribution >= 4 is 15.9 Å². The second-order valence-electron chi connectivity index (χ2n) is 6.20. The molecule has 2 nitrogen and oxygen atoms in total. The third-order valence-corrected chi connectivity index (χ3v) is 4.07. The van der Waals surface area contributed by atoms with Crippen molar-refractivity contribution in [3.8, 4) is 5.75 Å². The Morgan fingerprint density at radius 1 is 1.00 bits per heavy atom. The summed E-state index contributed by atoms with van der Waals surface area (Å²) in [7, 11) is 0. The fourth-order valence-electron chi connectivity index (χ4n) is 2.02. The van der Waals surface area contributed by atoms with Crippen molar-refractivity contribution in [2.75, 3.05) is 0 Å². The quantitative estimate of drug-likeness (QED) is 0.863. The Morgan fingerprint density at radius 2 is 1.62 bits per heavy atom. The molecule has 2 rings (SSSR count). The SMILES string of the molecule is CC(C)(C)c1ccc(OCc2ccc(CN)cc2)c(Br)c1. The van der Waals surface area contributed by atoms with Crippen LogP contribution in [0.5, 0.6) is 5.75 Å². The molecular formula is C18H22BrNO. The molecule has 21 heavy (non-hydrogen) atoms. The van der Waals surface area contributed by atoms with E-state index in [1.807, 2.05) is 18.2 Å². The van der Waals surface area contributed by atoms with Gasteiger partial charge < -0.3 is 10.5 Å². The van der Waals surface area contributed by atoms with E-state index in [1.54, 1.807) is 0 Å². The minimum atomic E-state index is 0.138. The summed E-state index contributed by atoms with van der Waals surface area (Å²) in [6.07, 6.45) is 0. The third kappa shape index (κ3) is 4.32. The average molecular weight is 348 g/mol. The molecule has 0 aliphatic rings. The first-order valence-corrected chi connectivity index (χ1v) is 7.90. The van der Waals surface area contributed by atoms with Crippen molar-refractivity contribution in [3.63, 3.8) is 0 Å². The molecule has 0 spiro atoms. The summed E-state index contributed by atoms with van der Waals surface area (Å²) < 4.78 is 6.88. The van der Waals surface area contributed by atoms with Crippen molar-refractivity contribution in [3.05, 3.63) is 63.6 Å². The maximum Gasteiger partial charge on any atom is 0.134 e. The molecule has 2 aromatic carbocycles. The molecule has 0 atom stereocenters.